The average molecular weight is 1200 g/mol. The summed E-state index contributed by atoms with van der Waals surface area (Å²) < 4.78 is 18.9. The minimum Gasteiger partial charge on any atom is -0.463 e. The molecule has 1 aromatic heterocycles. The molecule has 15 heteroatoms. The summed E-state index contributed by atoms with van der Waals surface area (Å²) in [6.45, 7) is 5.30. The monoisotopic (exact) mass is 1200 g/mol. The average Bonchev–Trinajstić information content (AvgIpc) is 3.46. The Kier molecular flexibility index (Phi) is 56.6. The van der Waals surface area contributed by atoms with E-state index in [1.54, 1.807) is 0 Å². The summed E-state index contributed by atoms with van der Waals surface area (Å²) in [6, 6.07) is 0. The molecule has 0 aliphatic carbocycles. The van der Waals surface area contributed by atoms with Gasteiger partial charge in [0, 0.05) is 0 Å². The second-order valence-corrected chi connectivity index (χ2v) is 26.3. The first kappa shape index (κ1) is 76.9. The third-order valence-corrected chi connectivity index (χ3v) is 18.5. The molecule has 0 saturated heterocycles. The van der Waals surface area contributed by atoms with E-state index in [0.717, 1.165) is 69.5 Å². The zero-order chi connectivity index (χ0) is 58.7. The van der Waals surface area contributed by atoms with Crippen LogP contribution < -0.4 is 17.1 Å². The Labute approximate surface area is 507 Å². The minimum absolute atomic E-state index is 0.170. The Morgan fingerprint density at radius 3 is 0.605 bits per heavy atom. The maximum Gasteiger partial charge on any atom is 0.336 e. The Hall–Kier alpha value is -2.13. The number of thioether (sulfide) groups is 3. The van der Waals surface area contributed by atoms with E-state index in [-0.39, 0.29) is 56.7 Å². The summed E-state index contributed by atoms with van der Waals surface area (Å²) in [7, 11) is 0. The van der Waals surface area contributed by atoms with Gasteiger partial charge in [0.05, 0.1) is 36.9 Å². The van der Waals surface area contributed by atoms with Crippen molar-refractivity contribution in [2.24, 2.45) is 0 Å². The van der Waals surface area contributed by atoms with Crippen molar-refractivity contribution in [3.63, 3.8) is 0 Å². The summed E-state index contributed by atoms with van der Waals surface area (Å²) in [6.07, 6.45) is 58.6. The zero-order valence-electron chi connectivity index (χ0n) is 52.5. The lowest BCUT2D eigenvalue weighted by atomic mass is 10.0. The Morgan fingerprint density at radius 2 is 0.432 bits per heavy atom. The van der Waals surface area contributed by atoms with Crippen molar-refractivity contribution in [2.75, 3.05) is 54.3 Å². The lowest BCUT2D eigenvalue weighted by Gasteiger charge is -2.14. The Morgan fingerprint density at radius 1 is 0.272 bits per heavy atom. The van der Waals surface area contributed by atoms with Gasteiger partial charge < -0.3 is 14.2 Å². The second-order valence-electron chi connectivity index (χ2n) is 23.0. The third-order valence-electron chi connectivity index (χ3n) is 15.5. The van der Waals surface area contributed by atoms with Crippen LogP contribution in [-0.2, 0) is 48.2 Å². The first-order valence-electron chi connectivity index (χ1n) is 33.9. The van der Waals surface area contributed by atoms with Crippen LogP contribution in [-0.4, -0.2) is 85.9 Å². The van der Waals surface area contributed by atoms with E-state index in [2.05, 4.69) is 20.8 Å². The van der Waals surface area contributed by atoms with Gasteiger partial charge in [-0.2, -0.15) is 35.3 Å². The highest BCUT2D eigenvalue weighted by Crippen LogP contribution is 2.18. The number of hydrogen-bond acceptors (Lipinski definition) is 12. The summed E-state index contributed by atoms with van der Waals surface area (Å²) in [5.74, 6) is 1.77. The standard InChI is InChI=1S/C66H123N3O9S3/c1-4-7-10-13-16-19-22-25-28-31-34-37-40-43-46-55-79-58-61(70)76-52-49-67-64(73)68(50-53-77-62(71)59-80-56-47-44-41-38-35-32-29-26-23-20-17-14-11-8-5-2)66(75)69(65(67)74)51-54-78-63(72)60-81-57-48-45-42-39-36-33-30-27-24-21-18-15-12-9-6-3/h4-60H2,1-3H3. The van der Waals surface area contributed by atoms with Gasteiger partial charge >= 0.3 is 35.0 Å². The molecule has 0 aromatic carbocycles. The van der Waals surface area contributed by atoms with Crippen molar-refractivity contribution in [3.8, 4) is 0 Å². The number of carbonyl (C=O) groups is 3. The SMILES string of the molecule is CCCCCCCCCCCCCCCCCSCC(=O)OCCn1c(=O)n(CCOC(=O)CSCCCCCCCCCCCCCCCCC)c(=O)n(CCOC(=O)CSCCCCCCCCCCCCCCCCC)c1=O. The lowest BCUT2D eigenvalue weighted by molar-refractivity contribution is -0.141. The molecule has 81 heavy (non-hydrogen) atoms. The molecule has 0 bridgehead atoms. The normalized spacial score (nSPS) is 11.4. The van der Waals surface area contributed by atoms with Crippen LogP contribution in [0.2, 0.25) is 0 Å². The molecule has 0 fully saturated rings. The number of esters is 3. The van der Waals surface area contributed by atoms with Gasteiger partial charge in [-0.15, -0.1) is 0 Å². The van der Waals surface area contributed by atoms with E-state index in [9.17, 15) is 28.8 Å². The van der Waals surface area contributed by atoms with E-state index in [0.29, 0.717) is 0 Å². The maximum absolute atomic E-state index is 13.7. The molecule has 0 saturated carbocycles. The van der Waals surface area contributed by atoms with Crippen LogP contribution in [0.25, 0.3) is 0 Å². The molecule has 0 amide bonds. The van der Waals surface area contributed by atoms with E-state index >= 15 is 0 Å². The van der Waals surface area contributed by atoms with Crippen molar-refractivity contribution < 1.29 is 28.6 Å². The highest BCUT2D eigenvalue weighted by atomic mass is 32.2. The lowest BCUT2D eigenvalue weighted by Crippen LogP contribution is -2.55. The molecule has 0 spiro atoms. The molecule has 0 radical (unpaired) electrons. The molecule has 0 N–H and O–H groups in total. The molecule has 0 aliphatic rings. The second kappa shape index (κ2) is 59.6. The van der Waals surface area contributed by atoms with Crippen molar-refractivity contribution in [2.45, 2.75) is 329 Å². The quantitative estimate of drug-likeness (QED) is 0.0348. The van der Waals surface area contributed by atoms with Crippen LogP contribution in [0.4, 0.5) is 0 Å². The number of rotatable bonds is 63. The van der Waals surface area contributed by atoms with Gasteiger partial charge in [-0.25, -0.2) is 28.1 Å². The Bertz CT molecular complexity index is 1560. The molecule has 12 nitrogen and oxygen atoms in total. The van der Waals surface area contributed by atoms with E-state index in [4.69, 9.17) is 14.2 Å². The molecule has 1 aromatic rings. The summed E-state index contributed by atoms with van der Waals surface area (Å²) >= 11 is 4.56. The number of carbonyl (C=O) groups excluding carboxylic acids is 3. The predicted octanol–water partition coefficient (Wildman–Crippen LogP) is 17.6. The van der Waals surface area contributed by atoms with Crippen molar-refractivity contribution >= 4 is 53.2 Å². The molecule has 474 valence electrons. The smallest absolute Gasteiger partial charge is 0.336 e. The first-order valence-corrected chi connectivity index (χ1v) is 37.4. The van der Waals surface area contributed by atoms with Crippen LogP contribution in [0.3, 0.4) is 0 Å². The van der Waals surface area contributed by atoms with Crippen molar-refractivity contribution in [3.05, 3.63) is 31.5 Å². The van der Waals surface area contributed by atoms with Crippen LogP contribution in [0, 0.1) is 0 Å². The van der Waals surface area contributed by atoms with Crippen LogP contribution in [0.15, 0.2) is 14.4 Å². The number of aromatic nitrogens is 3. The summed E-state index contributed by atoms with van der Waals surface area (Å²) in [5.41, 5.74) is -2.65. The van der Waals surface area contributed by atoms with Crippen molar-refractivity contribution in [1.29, 1.82) is 0 Å². The fourth-order valence-electron chi connectivity index (χ4n) is 10.3. The van der Waals surface area contributed by atoms with Gasteiger partial charge in [0.2, 0.25) is 0 Å². The van der Waals surface area contributed by atoms with Gasteiger partial charge in [-0.1, -0.05) is 290 Å². The number of ether oxygens (including phenoxy) is 3. The molecule has 1 rings (SSSR count). The van der Waals surface area contributed by atoms with Gasteiger partial charge in [-0.05, 0) is 36.5 Å². The topological polar surface area (TPSA) is 145 Å². The predicted molar refractivity (Wildman–Crippen MR) is 349 cm³/mol. The van der Waals surface area contributed by atoms with Gasteiger partial charge in [0.15, 0.2) is 0 Å². The first-order chi connectivity index (χ1) is 39.8. The van der Waals surface area contributed by atoms with E-state index in [1.807, 2.05) is 0 Å². The van der Waals surface area contributed by atoms with E-state index < -0.39 is 35.0 Å². The molecule has 0 unspecified atom stereocenters. The number of unbranched alkanes of at least 4 members (excludes halogenated alkanes) is 42. The fraction of sp³-hybridized carbons (Fsp3) is 0.909. The molecule has 1 heterocycles. The largest absolute Gasteiger partial charge is 0.463 e. The maximum atomic E-state index is 13.7. The highest BCUT2D eigenvalue weighted by Gasteiger charge is 2.18. The van der Waals surface area contributed by atoms with Gasteiger partial charge in [-0.3, -0.25) is 14.4 Å². The molecule has 0 aliphatic heterocycles. The third kappa shape index (κ3) is 47.8. The number of hydrogen-bond donors (Lipinski definition) is 0. The minimum atomic E-state index is -0.884. The van der Waals surface area contributed by atoms with Gasteiger partial charge in [0.25, 0.3) is 0 Å². The van der Waals surface area contributed by atoms with E-state index in [1.165, 1.54) is 286 Å². The zero-order valence-corrected chi connectivity index (χ0v) is 55.0. The Balaban J connectivity index is 2.53. The number of nitrogens with zero attached hydrogens (tertiary/aromatic N) is 3. The van der Waals surface area contributed by atoms with Crippen LogP contribution in [0.1, 0.15) is 310 Å². The van der Waals surface area contributed by atoms with Crippen molar-refractivity contribution in [1.82, 2.24) is 13.7 Å². The van der Waals surface area contributed by atoms with Gasteiger partial charge in [0.1, 0.15) is 19.8 Å². The summed E-state index contributed by atoms with van der Waals surface area (Å²) in [4.78, 5) is 79.0. The summed E-state index contributed by atoms with van der Waals surface area (Å²) in [5, 5.41) is 0. The fourth-order valence-corrected chi connectivity index (χ4v) is 12.7. The molecular weight excluding hydrogens is 1070 g/mol. The highest BCUT2D eigenvalue weighted by molar-refractivity contribution is 8.00. The molecular formula is C66H123N3O9S3. The molecule has 0 atom stereocenters. The van der Waals surface area contributed by atoms with Crippen LogP contribution >= 0.6 is 35.3 Å². The van der Waals surface area contributed by atoms with Crippen LogP contribution in [0.5, 0.6) is 0 Å².